The molecule has 98 valence electrons. The molecule has 0 aliphatic heterocycles. The molecule has 0 atom stereocenters. The molecular formula is C13H23NO3. The van der Waals surface area contributed by atoms with E-state index in [0.717, 1.165) is 30.9 Å². The molecule has 1 rings (SSSR count). The normalized spacial score (nSPS) is 10.9. The van der Waals surface area contributed by atoms with Crippen LogP contribution in [0.15, 0.2) is 16.7 Å². The average Bonchev–Trinajstić information content (AvgIpc) is 2.76. The molecule has 0 bridgehead atoms. The number of furan rings is 1. The van der Waals surface area contributed by atoms with Crippen molar-refractivity contribution in [1.82, 2.24) is 5.32 Å². The van der Waals surface area contributed by atoms with Gasteiger partial charge in [-0.15, -0.1) is 0 Å². The highest BCUT2D eigenvalue weighted by Crippen LogP contribution is 2.11. The van der Waals surface area contributed by atoms with Crippen LogP contribution in [-0.2, 0) is 22.6 Å². The van der Waals surface area contributed by atoms with Crippen molar-refractivity contribution in [2.45, 2.75) is 32.9 Å². The van der Waals surface area contributed by atoms with Gasteiger partial charge in [0.25, 0.3) is 0 Å². The van der Waals surface area contributed by atoms with Crippen molar-refractivity contribution >= 4 is 0 Å². The summed E-state index contributed by atoms with van der Waals surface area (Å²) in [7, 11) is 1.92. The molecule has 0 fully saturated rings. The molecule has 0 saturated carbocycles. The Balaban J connectivity index is 2.07. The van der Waals surface area contributed by atoms with Crippen molar-refractivity contribution in [3.63, 3.8) is 0 Å². The molecule has 4 nitrogen and oxygen atoms in total. The summed E-state index contributed by atoms with van der Waals surface area (Å²) in [6.07, 6.45) is 3.98. The van der Waals surface area contributed by atoms with E-state index in [9.17, 15) is 0 Å². The summed E-state index contributed by atoms with van der Waals surface area (Å²) < 4.78 is 16.3. The molecule has 0 saturated heterocycles. The van der Waals surface area contributed by atoms with Gasteiger partial charge in [-0.2, -0.15) is 0 Å². The highest BCUT2D eigenvalue weighted by molar-refractivity contribution is 5.15. The van der Waals surface area contributed by atoms with Gasteiger partial charge in [0.15, 0.2) is 0 Å². The van der Waals surface area contributed by atoms with Crippen molar-refractivity contribution in [3.05, 3.63) is 23.7 Å². The van der Waals surface area contributed by atoms with E-state index in [-0.39, 0.29) is 0 Å². The minimum atomic E-state index is 0.515. The van der Waals surface area contributed by atoms with Crippen LogP contribution in [0.3, 0.4) is 0 Å². The third-order valence-electron chi connectivity index (χ3n) is 2.45. The Morgan fingerprint density at radius 1 is 1.24 bits per heavy atom. The van der Waals surface area contributed by atoms with Crippen LogP contribution in [0.5, 0.6) is 0 Å². The number of hydrogen-bond donors (Lipinski definition) is 1. The van der Waals surface area contributed by atoms with Crippen LogP contribution in [-0.4, -0.2) is 26.9 Å². The van der Waals surface area contributed by atoms with Crippen molar-refractivity contribution in [2.24, 2.45) is 0 Å². The van der Waals surface area contributed by atoms with Crippen molar-refractivity contribution in [3.8, 4) is 0 Å². The average molecular weight is 241 g/mol. The third kappa shape index (κ3) is 5.86. The van der Waals surface area contributed by atoms with Gasteiger partial charge < -0.3 is 19.2 Å². The summed E-state index contributed by atoms with van der Waals surface area (Å²) in [5, 5.41) is 3.10. The summed E-state index contributed by atoms with van der Waals surface area (Å²) in [5.41, 5.74) is 1.15. The number of rotatable bonds is 10. The molecule has 17 heavy (non-hydrogen) atoms. The van der Waals surface area contributed by atoms with Gasteiger partial charge in [0.1, 0.15) is 12.4 Å². The standard InChI is InChI=1S/C13H23NO3/c1-3-4-6-15-8-9-16-11-13-12(10-14-2)5-7-17-13/h5,7,14H,3-4,6,8-11H2,1-2H3. The maximum atomic E-state index is 5.50. The van der Waals surface area contributed by atoms with E-state index in [1.165, 1.54) is 6.42 Å². The molecule has 0 unspecified atom stereocenters. The SMILES string of the molecule is CCCCOCCOCc1occc1CNC. The molecule has 1 N–H and O–H groups in total. The van der Waals surface area contributed by atoms with E-state index < -0.39 is 0 Å². The van der Waals surface area contributed by atoms with Crippen LogP contribution in [0.1, 0.15) is 31.1 Å². The summed E-state index contributed by atoms with van der Waals surface area (Å²) in [6, 6.07) is 1.97. The van der Waals surface area contributed by atoms with E-state index >= 15 is 0 Å². The molecule has 1 heterocycles. The summed E-state index contributed by atoms with van der Waals surface area (Å²) >= 11 is 0. The van der Waals surface area contributed by atoms with Gasteiger partial charge in [-0.25, -0.2) is 0 Å². The smallest absolute Gasteiger partial charge is 0.133 e. The van der Waals surface area contributed by atoms with Gasteiger partial charge in [0.05, 0.1) is 19.5 Å². The lowest BCUT2D eigenvalue weighted by atomic mass is 10.2. The lowest BCUT2D eigenvalue weighted by Gasteiger charge is -2.05. The molecule has 4 heteroatoms. The third-order valence-corrected chi connectivity index (χ3v) is 2.45. The monoisotopic (exact) mass is 241 g/mol. The lowest BCUT2D eigenvalue weighted by Crippen LogP contribution is -2.08. The van der Waals surface area contributed by atoms with Gasteiger partial charge in [-0.05, 0) is 19.5 Å². The van der Waals surface area contributed by atoms with E-state index in [1.807, 2.05) is 13.1 Å². The predicted octanol–water partition coefficient (Wildman–Crippen LogP) is 2.33. The highest BCUT2D eigenvalue weighted by Gasteiger charge is 2.04. The molecule has 0 spiro atoms. The molecule has 0 amide bonds. The predicted molar refractivity (Wildman–Crippen MR) is 66.9 cm³/mol. The first kappa shape index (κ1) is 14.2. The fraction of sp³-hybridized carbons (Fsp3) is 0.692. The van der Waals surface area contributed by atoms with Crippen molar-refractivity contribution in [2.75, 3.05) is 26.9 Å². The number of unbranched alkanes of at least 4 members (excludes halogenated alkanes) is 1. The maximum Gasteiger partial charge on any atom is 0.133 e. The first-order chi connectivity index (χ1) is 8.38. The fourth-order valence-corrected chi connectivity index (χ4v) is 1.47. The van der Waals surface area contributed by atoms with Gasteiger partial charge in [0, 0.05) is 18.7 Å². The van der Waals surface area contributed by atoms with E-state index in [4.69, 9.17) is 13.9 Å². The second-order valence-electron chi connectivity index (χ2n) is 3.92. The Labute approximate surface area is 103 Å². The molecule has 0 aromatic carbocycles. The van der Waals surface area contributed by atoms with Gasteiger partial charge in [-0.3, -0.25) is 0 Å². The van der Waals surface area contributed by atoms with Gasteiger partial charge in [-0.1, -0.05) is 13.3 Å². The summed E-state index contributed by atoms with van der Waals surface area (Å²) in [5.74, 6) is 0.896. The lowest BCUT2D eigenvalue weighted by molar-refractivity contribution is 0.0336. The van der Waals surface area contributed by atoms with Crippen LogP contribution < -0.4 is 5.32 Å². The van der Waals surface area contributed by atoms with Crippen molar-refractivity contribution < 1.29 is 13.9 Å². The Morgan fingerprint density at radius 3 is 2.82 bits per heavy atom. The Morgan fingerprint density at radius 2 is 2.06 bits per heavy atom. The quantitative estimate of drug-likeness (QED) is 0.638. The Kier molecular flexibility index (Phi) is 7.71. The van der Waals surface area contributed by atoms with E-state index in [0.29, 0.717) is 19.8 Å². The van der Waals surface area contributed by atoms with Crippen LogP contribution in [0.4, 0.5) is 0 Å². The molecule has 1 aromatic heterocycles. The molecule has 0 aliphatic carbocycles. The second kappa shape index (κ2) is 9.22. The molecule has 0 aliphatic rings. The first-order valence-corrected chi connectivity index (χ1v) is 6.23. The second-order valence-corrected chi connectivity index (χ2v) is 3.92. The maximum absolute atomic E-state index is 5.50. The minimum absolute atomic E-state index is 0.515. The van der Waals surface area contributed by atoms with Crippen LogP contribution in [0.2, 0.25) is 0 Å². The summed E-state index contributed by atoms with van der Waals surface area (Å²) in [6.45, 7) is 5.57. The number of hydrogen-bond acceptors (Lipinski definition) is 4. The first-order valence-electron chi connectivity index (χ1n) is 6.23. The summed E-state index contributed by atoms with van der Waals surface area (Å²) in [4.78, 5) is 0. The number of ether oxygens (including phenoxy) is 2. The Bertz CT molecular complexity index is 286. The number of nitrogens with one attached hydrogen (secondary N) is 1. The van der Waals surface area contributed by atoms with E-state index in [2.05, 4.69) is 12.2 Å². The zero-order chi connectivity index (χ0) is 12.3. The van der Waals surface area contributed by atoms with Crippen molar-refractivity contribution in [1.29, 1.82) is 0 Å². The Hall–Kier alpha value is -0.840. The molecule has 0 radical (unpaired) electrons. The highest BCUT2D eigenvalue weighted by atomic mass is 16.5. The van der Waals surface area contributed by atoms with Crippen LogP contribution >= 0.6 is 0 Å². The topological polar surface area (TPSA) is 43.6 Å². The van der Waals surface area contributed by atoms with Gasteiger partial charge >= 0.3 is 0 Å². The fourth-order valence-electron chi connectivity index (χ4n) is 1.47. The largest absolute Gasteiger partial charge is 0.467 e. The van der Waals surface area contributed by atoms with Crippen LogP contribution in [0, 0.1) is 0 Å². The zero-order valence-electron chi connectivity index (χ0n) is 10.8. The molecule has 1 aromatic rings. The molecular weight excluding hydrogens is 218 g/mol. The minimum Gasteiger partial charge on any atom is -0.467 e. The van der Waals surface area contributed by atoms with Gasteiger partial charge in [0.2, 0.25) is 0 Å². The zero-order valence-corrected chi connectivity index (χ0v) is 10.8. The van der Waals surface area contributed by atoms with Crippen LogP contribution in [0.25, 0.3) is 0 Å². The van der Waals surface area contributed by atoms with E-state index in [1.54, 1.807) is 6.26 Å².